The van der Waals surface area contributed by atoms with Crippen LogP contribution in [0.15, 0.2) is 46.5 Å². The molecule has 0 spiro atoms. The van der Waals surface area contributed by atoms with Gasteiger partial charge in [-0.15, -0.1) is 0 Å². The van der Waals surface area contributed by atoms with Crippen molar-refractivity contribution in [1.29, 1.82) is 5.41 Å². The number of aromatic nitrogens is 2. The third-order valence-corrected chi connectivity index (χ3v) is 5.39. The third-order valence-electron chi connectivity index (χ3n) is 5.03. The average molecular weight is 466 g/mol. The van der Waals surface area contributed by atoms with E-state index < -0.39 is 18.0 Å². The number of benzene rings is 1. The Morgan fingerprint density at radius 2 is 2.16 bits per heavy atom. The lowest BCUT2D eigenvalue weighted by molar-refractivity contribution is -0.135. The molecule has 3 rings (SSSR count). The number of esters is 1. The Hall–Kier alpha value is -3.27. The first-order chi connectivity index (χ1) is 15.3. The molecule has 8 nitrogen and oxygen atoms in total. The van der Waals surface area contributed by atoms with Gasteiger partial charge < -0.3 is 15.0 Å². The first-order valence-electron chi connectivity index (χ1n) is 9.89. The monoisotopic (exact) mass is 465 g/mol. The van der Waals surface area contributed by atoms with Crippen molar-refractivity contribution >= 4 is 29.0 Å². The number of hydrogen-bond acceptors (Lipinski definition) is 7. The van der Waals surface area contributed by atoms with Gasteiger partial charge in [0.25, 0.3) is 12.0 Å². The van der Waals surface area contributed by atoms with Crippen LogP contribution in [0.1, 0.15) is 30.9 Å². The van der Waals surface area contributed by atoms with Crippen LogP contribution in [0.4, 0.5) is 14.5 Å². The van der Waals surface area contributed by atoms with E-state index in [1.807, 2.05) is 0 Å². The fourth-order valence-electron chi connectivity index (χ4n) is 3.42. The van der Waals surface area contributed by atoms with Gasteiger partial charge in [0.05, 0.1) is 18.5 Å². The van der Waals surface area contributed by atoms with E-state index in [4.69, 9.17) is 21.7 Å². The van der Waals surface area contributed by atoms with Crippen molar-refractivity contribution in [2.45, 2.75) is 26.3 Å². The zero-order valence-corrected chi connectivity index (χ0v) is 18.0. The molecule has 3 N–H and O–H groups in total. The standard InChI is InChI=1S/C21H22ClF2N5O3/c1-2-32-21(31)18(25)14-11-29(16-10-27-28-20(30)17(16)22)8-7-15(14)26-9-12-5-3-4-6-13(12)19(23)24/h3-6,10,19,25-26H,2,7-9,11H2,1H3,(H,28,30). The summed E-state index contributed by atoms with van der Waals surface area (Å²) >= 11 is 6.12. The number of rotatable bonds is 8. The minimum absolute atomic E-state index is 0.0516. The Morgan fingerprint density at radius 3 is 2.88 bits per heavy atom. The van der Waals surface area contributed by atoms with Crippen molar-refractivity contribution < 1.29 is 18.3 Å². The lowest BCUT2D eigenvalue weighted by atomic mass is 10.00. The minimum Gasteiger partial charge on any atom is -0.461 e. The van der Waals surface area contributed by atoms with Crippen molar-refractivity contribution in [3.05, 3.63) is 68.2 Å². The maximum atomic E-state index is 13.3. The molecule has 11 heteroatoms. The second-order valence-corrected chi connectivity index (χ2v) is 7.35. The van der Waals surface area contributed by atoms with Crippen LogP contribution in [0.2, 0.25) is 5.02 Å². The Labute approximate surface area is 187 Å². The van der Waals surface area contributed by atoms with Gasteiger partial charge in [0.2, 0.25) is 0 Å². The maximum Gasteiger partial charge on any atom is 0.356 e. The molecule has 0 fully saturated rings. The van der Waals surface area contributed by atoms with E-state index in [0.29, 0.717) is 35.5 Å². The molecule has 0 bridgehead atoms. The SMILES string of the molecule is CCOC(=O)C(=N)C1=C(NCc2ccccc2C(F)F)CCN(c2cn[nH]c(=O)c2Cl)C1. The first kappa shape index (κ1) is 23.4. The predicted molar refractivity (Wildman–Crippen MR) is 116 cm³/mol. The van der Waals surface area contributed by atoms with Gasteiger partial charge in [-0.1, -0.05) is 35.9 Å². The molecule has 0 amide bonds. The Bertz CT molecular complexity index is 1100. The molecule has 0 radical (unpaired) electrons. The molecule has 1 aliphatic rings. The average Bonchev–Trinajstić information content (AvgIpc) is 2.79. The molecule has 170 valence electrons. The van der Waals surface area contributed by atoms with Crippen molar-refractivity contribution in [3.8, 4) is 0 Å². The molecule has 1 aromatic heterocycles. The van der Waals surface area contributed by atoms with Gasteiger partial charge in [0.1, 0.15) is 10.7 Å². The van der Waals surface area contributed by atoms with Gasteiger partial charge in [-0.3, -0.25) is 10.2 Å². The summed E-state index contributed by atoms with van der Waals surface area (Å²) in [5, 5.41) is 17.4. The molecular weight excluding hydrogens is 444 g/mol. The van der Waals surface area contributed by atoms with Crippen LogP contribution in [0.3, 0.4) is 0 Å². The van der Waals surface area contributed by atoms with Crippen LogP contribution < -0.4 is 15.8 Å². The number of halogens is 3. The van der Waals surface area contributed by atoms with E-state index in [-0.39, 0.29) is 36.0 Å². The van der Waals surface area contributed by atoms with Crippen LogP contribution in [-0.2, 0) is 16.1 Å². The van der Waals surface area contributed by atoms with Gasteiger partial charge in [0, 0.05) is 42.9 Å². The third kappa shape index (κ3) is 5.13. The minimum atomic E-state index is -2.62. The zero-order chi connectivity index (χ0) is 23.3. The van der Waals surface area contributed by atoms with Crippen molar-refractivity contribution in [1.82, 2.24) is 15.5 Å². The van der Waals surface area contributed by atoms with E-state index in [9.17, 15) is 18.4 Å². The topological polar surface area (TPSA) is 111 Å². The summed E-state index contributed by atoms with van der Waals surface area (Å²) in [4.78, 5) is 25.8. The highest BCUT2D eigenvalue weighted by Crippen LogP contribution is 2.28. The van der Waals surface area contributed by atoms with Gasteiger partial charge in [0.15, 0.2) is 0 Å². The number of nitrogens with one attached hydrogen (secondary N) is 3. The summed E-state index contributed by atoms with van der Waals surface area (Å²) < 4.78 is 31.6. The van der Waals surface area contributed by atoms with Gasteiger partial charge in [-0.05, 0) is 12.5 Å². The van der Waals surface area contributed by atoms with E-state index in [1.165, 1.54) is 12.3 Å². The molecule has 1 aromatic carbocycles. The Morgan fingerprint density at radius 1 is 1.41 bits per heavy atom. The number of ether oxygens (including phenoxy) is 1. The lowest BCUT2D eigenvalue weighted by Gasteiger charge is -2.33. The summed E-state index contributed by atoms with van der Waals surface area (Å²) in [7, 11) is 0. The van der Waals surface area contributed by atoms with Gasteiger partial charge >= 0.3 is 5.97 Å². The lowest BCUT2D eigenvalue weighted by Crippen LogP contribution is -2.40. The predicted octanol–water partition coefficient (Wildman–Crippen LogP) is 3.20. The molecule has 0 saturated heterocycles. The highest BCUT2D eigenvalue weighted by Gasteiger charge is 2.28. The van der Waals surface area contributed by atoms with Crippen LogP contribution in [0, 0.1) is 5.41 Å². The summed E-state index contributed by atoms with van der Waals surface area (Å²) in [5.74, 6) is -0.799. The highest BCUT2D eigenvalue weighted by molar-refractivity contribution is 6.42. The van der Waals surface area contributed by atoms with E-state index >= 15 is 0 Å². The molecule has 2 heterocycles. The first-order valence-corrected chi connectivity index (χ1v) is 10.3. The Kier molecular flexibility index (Phi) is 7.57. The number of H-pyrrole nitrogens is 1. The molecule has 2 aromatic rings. The van der Waals surface area contributed by atoms with Crippen LogP contribution in [-0.4, -0.2) is 41.6 Å². The van der Waals surface area contributed by atoms with Crippen molar-refractivity contribution in [3.63, 3.8) is 0 Å². The molecular formula is C21H22ClF2N5O3. The smallest absolute Gasteiger partial charge is 0.356 e. The second kappa shape index (κ2) is 10.4. The molecule has 1 aliphatic heterocycles. The highest BCUT2D eigenvalue weighted by atomic mass is 35.5. The fraction of sp³-hybridized carbons (Fsp3) is 0.333. The van der Waals surface area contributed by atoms with Crippen LogP contribution >= 0.6 is 11.6 Å². The molecule has 32 heavy (non-hydrogen) atoms. The van der Waals surface area contributed by atoms with E-state index in [1.54, 1.807) is 30.0 Å². The largest absolute Gasteiger partial charge is 0.461 e. The second-order valence-electron chi connectivity index (χ2n) is 6.98. The number of alkyl halides is 2. The number of carbonyl (C=O) groups is 1. The zero-order valence-electron chi connectivity index (χ0n) is 17.3. The molecule has 0 saturated carbocycles. The summed E-state index contributed by atoms with van der Waals surface area (Å²) in [5.41, 5.74) is 0.699. The molecule has 0 aliphatic carbocycles. The molecule has 0 atom stereocenters. The maximum absolute atomic E-state index is 13.3. The van der Waals surface area contributed by atoms with Crippen molar-refractivity contribution in [2.24, 2.45) is 0 Å². The normalized spacial score (nSPS) is 14.0. The van der Waals surface area contributed by atoms with Gasteiger partial charge in [-0.2, -0.15) is 5.10 Å². The number of carbonyl (C=O) groups excluding carboxylic acids is 1. The number of aromatic amines is 1. The van der Waals surface area contributed by atoms with Crippen molar-refractivity contribution in [2.75, 3.05) is 24.6 Å². The quantitative estimate of drug-likeness (QED) is 0.408. The number of hydrogen-bond donors (Lipinski definition) is 3. The van der Waals surface area contributed by atoms with Crippen LogP contribution in [0.5, 0.6) is 0 Å². The summed E-state index contributed by atoms with van der Waals surface area (Å²) in [6, 6.07) is 6.18. The van der Waals surface area contributed by atoms with Gasteiger partial charge in [-0.25, -0.2) is 18.7 Å². The van der Waals surface area contributed by atoms with E-state index in [2.05, 4.69) is 15.5 Å². The number of nitrogens with zero attached hydrogens (tertiary/aromatic N) is 2. The number of anilines is 1. The molecule has 0 unspecified atom stereocenters. The fourth-order valence-corrected chi connectivity index (χ4v) is 3.64. The summed E-state index contributed by atoms with van der Waals surface area (Å²) in [6.07, 6.45) is -0.865. The summed E-state index contributed by atoms with van der Waals surface area (Å²) in [6.45, 7) is 2.33. The Balaban J connectivity index is 1.91. The van der Waals surface area contributed by atoms with Crippen LogP contribution in [0.25, 0.3) is 0 Å². The van der Waals surface area contributed by atoms with E-state index in [0.717, 1.165) is 0 Å².